The highest BCUT2D eigenvalue weighted by molar-refractivity contribution is 6.30. The van der Waals surface area contributed by atoms with Gasteiger partial charge in [0.25, 0.3) is 0 Å². The molecule has 2 heterocycles. The third-order valence-electron chi connectivity index (χ3n) is 3.32. The van der Waals surface area contributed by atoms with Crippen LogP contribution >= 0.6 is 11.6 Å². The number of H-pyrrole nitrogens is 1. The molecule has 0 radical (unpaired) electrons. The number of hydrogen-bond donors (Lipinski definition) is 2. The average Bonchev–Trinajstić information content (AvgIpc) is 2.81. The lowest BCUT2D eigenvalue weighted by molar-refractivity contribution is -0.144. The molecule has 0 atom stereocenters. The van der Waals surface area contributed by atoms with Crippen molar-refractivity contribution in [3.8, 4) is 0 Å². The summed E-state index contributed by atoms with van der Waals surface area (Å²) in [6.07, 6.45) is -4.63. The average molecular weight is 341 g/mol. The van der Waals surface area contributed by atoms with Gasteiger partial charge in [0.2, 0.25) is 5.82 Å². The van der Waals surface area contributed by atoms with Gasteiger partial charge in [0.1, 0.15) is 11.5 Å². The van der Waals surface area contributed by atoms with E-state index in [0.717, 1.165) is 5.56 Å². The zero-order valence-electron chi connectivity index (χ0n) is 12.2. The zero-order valence-corrected chi connectivity index (χ0v) is 13.0. The monoisotopic (exact) mass is 340 g/mol. The first kappa shape index (κ1) is 15.6. The highest BCUT2D eigenvalue weighted by Gasteiger charge is 2.36. The molecule has 0 aliphatic heterocycles. The summed E-state index contributed by atoms with van der Waals surface area (Å²) in [6.45, 7) is 3.55. The first-order valence-electron chi connectivity index (χ1n) is 6.72. The number of aromatic nitrogens is 3. The van der Waals surface area contributed by atoms with Gasteiger partial charge in [-0.25, -0.2) is 9.97 Å². The van der Waals surface area contributed by atoms with E-state index >= 15 is 0 Å². The molecule has 1 aromatic carbocycles. The van der Waals surface area contributed by atoms with E-state index < -0.39 is 12.0 Å². The number of fused-ring (bicyclic) bond motifs is 1. The summed E-state index contributed by atoms with van der Waals surface area (Å²) in [7, 11) is 0. The standard InChI is InChI=1S/C15H12ClF3N4/c1-7-5-9(16)3-4-11(7)21-13-10-6-8(2)20-12(10)22-14(23-13)15(17,18)19/h3-6H,1-2H3,(H2,20,21,22,23). The van der Waals surface area contributed by atoms with Crippen LogP contribution in [0.3, 0.4) is 0 Å². The van der Waals surface area contributed by atoms with Crippen LogP contribution in [-0.2, 0) is 6.18 Å². The summed E-state index contributed by atoms with van der Waals surface area (Å²) in [5.41, 5.74) is 2.26. The number of halogens is 4. The molecular formula is C15H12ClF3N4. The topological polar surface area (TPSA) is 53.6 Å². The van der Waals surface area contributed by atoms with Gasteiger partial charge >= 0.3 is 6.18 Å². The Labute approximate surface area is 134 Å². The number of nitrogens with zero attached hydrogens (tertiary/aromatic N) is 2. The van der Waals surface area contributed by atoms with Crippen LogP contribution in [0.25, 0.3) is 11.0 Å². The third-order valence-corrected chi connectivity index (χ3v) is 3.55. The van der Waals surface area contributed by atoms with Crippen molar-refractivity contribution in [2.45, 2.75) is 20.0 Å². The maximum atomic E-state index is 13.0. The fraction of sp³-hybridized carbons (Fsp3) is 0.200. The first-order valence-corrected chi connectivity index (χ1v) is 7.09. The van der Waals surface area contributed by atoms with Crippen LogP contribution in [0.5, 0.6) is 0 Å². The number of aryl methyl sites for hydroxylation is 2. The Kier molecular flexibility index (Phi) is 3.68. The van der Waals surface area contributed by atoms with E-state index in [1.807, 2.05) is 0 Å². The highest BCUT2D eigenvalue weighted by atomic mass is 35.5. The van der Waals surface area contributed by atoms with Crippen LogP contribution < -0.4 is 5.32 Å². The number of aromatic amines is 1. The fourth-order valence-corrected chi connectivity index (χ4v) is 2.48. The molecule has 23 heavy (non-hydrogen) atoms. The van der Waals surface area contributed by atoms with Gasteiger partial charge in [-0.1, -0.05) is 11.6 Å². The van der Waals surface area contributed by atoms with Crippen LogP contribution in [0.15, 0.2) is 24.3 Å². The van der Waals surface area contributed by atoms with Crippen LogP contribution in [0.1, 0.15) is 17.1 Å². The Morgan fingerprint density at radius 1 is 1.13 bits per heavy atom. The normalized spacial score (nSPS) is 11.9. The van der Waals surface area contributed by atoms with Gasteiger partial charge in [-0.05, 0) is 43.7 Å². The van der Waals surface area contributed by atoms with Gasteiger partial charge in [-0.15, -0.1) is 0 Å². The maximum absolute atomic E-state index is 13.0. The molecule has 0 amide bonds. The minimum atomic E-state index is -4.63. The van der Waals surface area contributed by atoms with Crippen molar-refractivity contribution < 1.29 is 13.2 Å². The van der Waals surface area contributed by atoms with Crippen molar-refractivity contribution in [2.24, 2.45) is 0 Å². The molecule has 0 bridgehead atoms. The van der Waals surface area contributed by atoms with Crippen LogP contribution in [0.2, 0.25) is 5.02 Å². The number of alkyl halides is 3. The molecule has 3 rings (SSSR count). The summed E-state index contributed by atoms with van der Waals surface area (Å²) in [6, 6.07) is 6.76. The van der Waals surface area contributed by atoms with Crippen molar-refractivity contribution in [3.63, 3.8) is 0 Å². The SMILES string of the molecule is Cc1cc2c(Nc3ccc(Cl)cc3C)nc(C(F)(F)F)nc2[nH]1. The molecule has 0 aliphatic rings. The predicted molar refractivity (Wildman–Crippen MR) is 83.1 cm³/mol. The minimum absolute atomic E-state index is 0.0945. The van der Waals surface area contributed by atoms with Crippen molar-refractivity contribution in [1.82, 2.24) is 15.0 Å². The second kappa shape index (κ2) is 5.42. The molecule has 0 spiro atoms. The van der Waals surface area contributed by atoms with Gasteiger partial charge in [-0.2, -0.15) is 13.2 Å². The van der Waals surface area contributed by atoms with Crippen molar-refractivity contribution in [2.75, 3.05) is 5.32 Å². The van der Waals surface area contributed by atoms with Gasteiger partial charge in [0.15, 0.2) is 0 Å². The van der Waals surface area contributed by atoms with Crippen molar-refractivity contribution in [3.05, 3.63) is 46.4 Å². The van der Waals surface area contributed by atoms with Crippen LogP contribution in [-0.4, -0.2) is 15.0 Å². The van der Waals surface area contributed by atoms with Crippen molar-refractivity contribution in [1.29, 1.82) is 0 Å². The molecule has 2 N–H and O–H groups in total. The second-order valence-corrected chi connectivity index (χ2v) is 5.63. The van der Waals surface area contributed by atoms with Crippen LogP contribution in [0.4, 0.5) is 24.7 Å². The molecule has 4 nitrogen and oxygen atoms in total. The largest absolute Gasteiger partial charge is 0.451 e. The molecule has 0 saturated carbocycles. The Balaban J connectivity index is 2.15. The van der Waals surface area contributed by atoms with Crippen molar-refractivity contribution >= 4 is 34.1 Å². The Morgan fingerprint density at radius 3 is 2.52 bits per heavy atom. The molecule has 3 aromatic rings. The number of anilines is 2. The predicted octanol–water partition coefficient (Wildman–Crippen LogP) is 4.99. The minimum Gasteiger partial charge on any atom is -0.343 e. The lowest BCUT2D eigenvalue weighted by Gasteiger charge is -2.12. The Morgan fingerprint density at radius 2 is 1.87 bits per heavy atom. The molecule has 0 unspecified atom stereocenters. The number of rotatable bonds is 2. The molecule has 120 valence electrons. The van der Waals surface area contributed by atoms with E-state index in [-0.39, 0.29) is 11.5 Å². The number of hydrogen-bond acceptors (Lipinski definition) is 3. The molecule has 0 aliphatic carbocycles. The summed E-state index contributed by atoms with van der Waals surface area (Å²) in [4.78, 5) is 10.0. The first-order chi connectivity index (χ1) is 10.7. The third kappa shape index (κ3) is 3.10. The van der Waals surface area contributed by atoms with Crippen LogP contribution in [0, 0.1) is 13.8 Å². The Bertz CT molecular complexity index is 886. The van der Waals surface area contributed by atoms with E-state index in [1.54, 1.807) is 38.1 Å². The molecular weight excluding hydrogens is 329 g/mol. The molecule has 0 fully saturated rings. The van der Waals surface area contributed by atoms with Gasteiger partial charge in [0, 0.05) is 16.4 Å². The summed E-state index contributed by atoms with van der Waals surface area (Å²) in [5.74, 6) is -1.10. The molecule has 0 saturated heterocycles. The maximum Gasteiger partial charge on any atom is 0.451 e. The van der Waals surface area contributed by atoms with E-state index in [2.05, 4.69) is 20.3 Å². The Hall–Kier alpha value is -2.28. The van der Waals surface area contributed by atoms with Gasteiger partial charge in [-0.3, -0.25) is 0 Å². The smallest absolute Gasteiger partial charge is 0.343 e. The highest BCUT2D eigenvalue weighted by Crippen LogP contribution is 2.32. The molecule has 2 aromatic heterocycles. The quantitative estimate of drug-likeness (QED) is 0.691. The second-order valence-electron chi connectivity index (χ2n) is 5.19. The fourth-order valence-electron chi connectivity index (χ4n) is 2.26. The summed E-state index contributed by atoms with van der Waals surface area (Å²) in [5, 5.41) is 3.98. The van der Waals surface area contributed by atoms with Gasteiger partial charge < -0.3 is 10.3 Å². The van der Waals surface area contributed by atoms with E-state index in [1.165, 1.54) is 0 Å². The lowest BCUT2D eigenvalue weighted by Crippen LogP contribution is -2.12. The summed E-state index contributed by atoms with van der Waals surface area (Å²) < 4.78 is 39.0. The molecule has 8 heteroatoms. The summed E-state index contributed by atoms with van der Waals surface area (Å²) >= 11 is 5.90. The zero-order chi connectivity index (χ0) is 16.8. The number of benzene rings is 1. The van der Waals surface area contributed by atoms with E-state index in [4.69, 9.17) is 11.6 Å². The lowest BCUT2D eigenvalue weighted by atomic mass is 10.2. The van der Waals surface area contributed by atoms with Gasteiger partial charge in [0.05, 0.1) is 5.39 Å². The van der Waals surface area contributed by atoms with E-state index in [0.29, 0.717) is 21.8 Å². The number of nitrogens with one attached hydrogen (secondary N) is 2. The van der Waals surface area contributed by atoms with E-state index in [9.17, 15) is 13.2 Å².